The molecule has 2 aliphatic rings. The van der Waals surface area contributed by atoms with Crippen LogP contribution in [0.3, 0.4) is 0 Å². The highest BCUT2D eigenvalue weighted by atomic mass is 16.5. The lowest BCUT2D eigenvalue weighted by molar-refractivity contribution is -0.125. The Hall–Kier alpha value is -4.40. The first kappa shape index (κ1) is 53.0. The summed E-state index contributed by atoms with van der Waals surface area (Å²) in [5.74, 6) is 1.48. The molecule has 0 aromatic heterocycles. The lowest BCUT2D eigenvalue weighted by Gasteiger charge is -2.40. The van der Waals surface area contributed by atoms with Crippen molar-refractivity contribution in [1.29, 1.82) is 0 Å². The minimum Gasteiger partial charge on any atom is -0.376 e. The largest absolute Gasteiger partial charge is 0.376 e. The van der Waals surface area contributed by atoms with Crippen LogP contribution in [0.4, 0.5) is 0 Å². The molecule has 0 spiro atoms. The normalized spacial score (nSPS) is 17.2. The fourth-order valence-corrected chi connectivity index (χ4v) is 10.7. The molecule has 0 radical (unpaired) electrons. The van der Waals surface area contributed by atoms with Crippen LogP contribution >= 0.6 is 0 Å². The Morgan fingerprint density at radius 1 is 0.324 bits per heavy atom. The average molecular weight is 923 g/mol. The third kappa shape index (κ3) is 14.8. The van der Waals surface area contributed by atoms with E-state index < -0.39 is 0 Å². The summed E-state index contributed by atoms with van der Waals surface area (Å²) < 4.78 is 37.1. The number of fused-ring (bicyclic) bond motifs is 2. The third-order valence-electron chi connectivity index (χ3n) is 13.7. The maximum Gasteiger partial charge on any atom is 0.113 e. The second kappa shape index (κ2) is 29.6. The standard InChI is InChI=1S/C26H26O2.C18H34O2.C18H22O2/c1-3-27-25(23-17-9-13-19-11-5-7-15-21(19)23)26(28-4-2)24-18-10-14-20-12-6-8-16-22(20)24;2*1-3-19-17(15-11-7-5-8-12-15)18(20-4-2)16-13-9-6-10-14-16/h5-18,25-26H,3-4H2,1-2H3;15-18H,3-14H2,1-2H3;5-14,17-18H,3-4H2,1-2H3. The summed E-state index contributed by atoms with van der Waals surface area (Å²) >= 11 is 0. The number of hydrogen-bond acceptors (Lipinski definition) is 6. The smallest absolute Gasteiger partial charge is 0.113 e. The molecule has 6 heteroatoms. The van der Waals surface area contributed by atoms with E-state index in [2.05, 4.69) is 123 Å². The van der Waals surface area contributed by atoms with Gasteiger partial charge in [0.15, 0.2) is 0 Å². The van der Waals surface area contributed by atoms with Gasteiger partial charge in [-0.05, 0) is 123 Å². The molecule has 6 nitrogen and oxygen atoms in total. The molecule has 6 aromatic carbocycles. The number of hydrogen-bond donors (Lipinski definition) is 0. The summed E-state index contributed by atoms with van der Waals surface area (Å²) in [6.45, 7) is 16.6. The Balaban J connectivity index is 0.000000172. The van der Waals surface area contributed by atoms with Gasteiger partial charge >= 0.3 is 0 Å². The van der Waals surface area contributed by atoms with Gasteiger partial charge in [-0.2, -0.15) is 0 Å². The van der Waals surface area contributed by atoms with Gasteiger partial charge in [0, 0.05) is 39.6 Å². The first-order chi connectivity index (χ1) is 33.6. The zero-order valence-corrected chi connectivity index (χ0v) is 42.2. The van der Waals surface area contributed by atoms with E-state index in [1.807, 2.05) is 64.1 Å². The van der Waals surface area contributed by atoms with E-state index >= 15 is 0 Å². The first-order valence-corrected chi connectivity index (χ1v) is 26.3. The highest BCUT2D eigenvalue weighted by Gasteiger charge is 2.37. The lowest BCUT2D eigenvalue weighted by atomic mass is 9.76. The van der Waals surface area contributed by atoms with Crippen molar-refractivity contribution in [3.63, 3.8) is 0 Å². The maximum absolute atomic E-state index is 6.33. The van der Waals surface area contributed by atoms with Crippen molar-refractivity contribution in [2.45, 2.75) is 142 Å². The van der Waals surface area contributed by atoms with Crippen LogP contribution in [0, 0.1) is 11.8 Å². The van der Waals surface area contributed by atoms with E-state index in [1.165, 1.54) is 96.9 Å². The van der Waals surface area contributed by atoms with Gasteiger partial charge in [-0.25, -0.2) is 0 Å². The highest BCUT2D eigenvalue weighted by molar-refractivity contribution is 5.88. The quantitative estimate of drug-likeness (QED) is 0.0717. The minimum absolute atomic E-state index is 0.0800. The Bertz CT molecular complexity index is 2080. The van der Waals surface area contributed by atoms with Crippen LogP contribution in [0.25, 0.3) is 21.5 Å². The second-order valence-electron chi connectivity index (χ2n) is 18.1. The molecule has 2 saturated carbocycles. The fourth-order valence-electron chi connectivity index (χ4n) is 10.7. The molecule has 0 saturated heterocycles. The third-order valence-corrected chi connectivity index (χ3v) is 13.7. The van der Waals surface area contributed by atoms with Crippen molar-refractivity contribution in [3.05, 3.63) is 168 Å². The molecule has 68 heavy (non-hydrogen) atoms. The summed E-state index contributed by atoms with van der Waals surface area (Å²) in [6.07, 6.45) is 14.0. The van der Waals surface area contributed by atoms with Crippen molar-refractivity contribution >= 4 is 21.5 Å². The molecule has 0 heterocycles. The highest BCUT2D eigenvalue weighted by Crippen LogP contribution is 2.42. The molecule has 0 amide bonds. The number of benzene rings is 6. The number of rotatable bonds is 21. The molecule has 6 aromatic rings. The van der Waals surface area contributed by atoms with Gasteiger partial charge in [0.2, 0.25) is 0 Å². The molecule has 2 fully saturated rings. The molecular weight excluding hydrogens is 841 g/mol. The fraction of sp³-hybridized carbons (Fsp3) is 0.484. The molecule has 0 aliphatic heterocycles. The average Bonchev–Trinajstić information content (AvgIpc) is 3.40. The van der Waals surface area contributed by atoms with Crippen molar-refractivity contribution in [2.24, 2.45) is 11.8 Å². The molecule has 0 N–H and O–H groups in total. The SMILES string of the molecule is CCOC(C1CCCCC1)C(OCC)C1CCCCC1.CCOC(c1cccc2ccccc12)C(OCC)c1cccc2ccccc12.CCOC(c1ccccc1)C(OCC)c1ccccc1. The van der Waals surface area contributed by atoms with E-state index in [4.69, 9.17) is 28.4 Å². The Morgan fingerprint density at radius 2 is 0.632 bits per heavy atom. The van der Waals surface area contributed by atoms with Crippen LogP contribution in [-0.2, 0) is 28.4 Å². The van der Waals surface area contributed by atoms with Gasteiger partial charge in [0.05, 0.1) is 12.2 Å². The van der Waals surface area contributed by atoms with Gasteiger partial charge in [0.1, 0.15) is 24.4 Å². The van der Waals surface area contributed by atoms with Crippen LogP contribution in [0.1, 0.15) is 152 Å². The second-order valence-corrected chi connectivity index (χ2v) is 18.1. The summed E-state index contributed by atoms with van der Waals surface area (Å²) in [4.78, 5) is 0. The lowest BCUT2D eigenvalue weighted by Crippen LogP contribution is -2.44. The molecule has 6 unspecified atom stereocenters. The predicted molar refractivity (Wildman–Crippen MR) is 282 cm³/mol. The topological polar surface area (TPSA) is 55.4 Å². The summed E-state index contributed by atoms with van der Waals surface area (Å²) in [5.41, 5.74) is 4.64. The van der Waals surface area contributed by atoms with Crippen LogP contribution < -0.4 is 0 Å². The molecule has 6 atom stereocenters. The number of ether oxygens (including phenoxy) is 6. The van der Waals surface area contributed by atoms with Crippen molar-refractivity contribution in [1.82, 2.24) is 0 Å². The molecular formula is C62H82O6. The van der Waals surface area contributed by atoms with Crippen LogP contribution in [0.2, 0.25) is 0 Å². The summed E-state index contributed by atoms with van der Waals surface area (Å²) in [6, 6.07) is 50.4. The van der Waals surface area contributed by atoms with Crippen LogP contribution in [-0.4, -0.2) is 51.8 Å². The summed E-state index contributed by atoms with van der Waals surface area (Å²) in [5, 5.41) is 4.87. The van der Waals surface area contributed by atoms with E-state index in [1.54, 1.807) is 0 Å². The Kier molecular flexibility index (Phi) is 23.0. The van der Waals surface area contributed by atoms with Crippen molar-refractivity contribution in [2.75, 3.05) is 39.6 Å². The minimum atomic E-state index is -0.179. The maximum atomic E-state index is 6.33. The van der Waals surface area contributed by atoms with Gasteiger partial charge < -0.3 is 28.4 Å². The van der Waals surface area contributed by atoms with E-state index in [0.29, 0.717) is 38.6 Å². The van der Waals surface area contributed by atoms with Crippen molar-refractivity contribution in [3.8, 4) is 0 Å². The van der Waals surface area contributed by atoms with Gasteiger partial charge in [0.25, 0.3) is 0 Å². The van der Waals surface area contributed by atoms with Crippen LogP contribution in [0.5, 0.6) is 0 Å². The Labute approximate surface area is 410 Å². The summed E-state index contributed by atoms with van der Waals surface area (Å²) in [7, 11) is 0. The van der Waals surface area contributed by atoms with E-state index in [-0.39, 0.29) is 24.4 Å². The van der Waals surface area contributed by atoms with Gasteiger partial charge in [-0.15, -0.1) is 0 Å². The molecule has 366 valence electrons. The zero-order chi connectivity index (χ0) is 47.8. The van der Waals surface area contributed by atoms with E-state index in [9.17, 15) is 0 Å². The molecule has 8 rings (SSSR count). The predicted octanol–water partition coefficient (Wildman–Crippen LogP) is 16.3. The van der Waals surface area contributed by atoms with Gasteiger partial charge in [-0.3, -0.25) is 0 Å². The monoisotopic (exact) mass is 923 g/mol. The first-order valence-electron chi connectivity index (χ1n) is 26.3. The van der Waals surface area contributed by atoms with Crippen molar-refractivity contribution < 1.29 is 28.4 Å². The zero-order valence-electron chi connectivity index (χ0n) is 42.2. The molecule has 2 aliphatic carbocycles. The van der Waals surface area contributed by atoms with E-state index in [0.717, 1.165) is 36.2 Å². The molecule has 0 bridgehead atoms. The van der Waals surface area contributed by atoms with Gasteiger partial charge in [-0.1, -0.05) is 184 Å². The van der Waals surface area contributed by atoms with Crippen LogP contribution in [0.15, 0.2) is 146 Å². The Morgan fingerprint density at radius 3 is 0.985 bits per heavy atom.